The number of fused-ring (bicyclic) bond motifs is 1. The van der Waals surface area contributed by atoms with Crippen molar-refractivity contribution < 1.29 is 13.9 Å². The predicted octanol–water partition coefficient (Wildman–Crippen LogP) is 1.72. The first kappa shape index (κ1) is 16.4. The molecule has 0 radical (unpaired) electrons. The van der Waals surface area contributed by atoms with Crippen LogP contribution in [0.15, 0.2) is 22.6 Å². The van der Waals surface area contributed by atoms with Crippen LogP contribution in [-0.2, 0) is 16.0 Å². The molecule has 1 heterocycles. The zero-order valence-corrected chi connectivity index (χ0v) is 12.2. The van der Waals surface area contributed by atoms with Crippen LogP contribution in [0.1, 0.15) is 12.8 Å². The third kappa shape index (κ3) is 3.69. The molecular weight excluding hydrogens is 282 g/mol. The molecule has 20 heavy (non-hydrogen) atoms. The molecule has 1 atom stereocenters. The highest BCUT2D eigenvalue weighted by atomic mass is 35.5. The molecular formula is C13H18ClN3O3. The van der Waals surface area contributed by atoms with E-state index in [1.807, 2.05) is 6.92 Å². The van der Waals surface area contributed by atoms with Gasteiger partial charge in [0.15, 0.2) is 11.5 Å². The van der Waals surface area contributed by atoms with E-state index in [0.29, 0.717) is 17.2 Å². The maximum Gasteiger partial charge on any atom is 0.243 e. The van der Waals surface area contributed by atoms with Gasteiger partial charge in [-0.05, 0) is 18.2 Å². The number of rotatable bonds is 5. The van der Waals surface area contributed by atoms with Gasteiger partial charge in [0.05, 0.1) is 6.61 Å². The summed E-state index contributed by atoms with van der Waals surface area (Å²) in [7, 11) is 1.50. The number of benzene rings is 1. The van der Waals surface area contributed by atoms with Gasteiger partial charge in [0.2, 0.25) is 5.91 Å². The van der Waals surface area contributed by atoms with Crippen LogP contribution in [0.5, 0.6) is 0 Å². The number of aromatic nitrogens is 1. The molecule has 0 spiro atoms. The Morgan fingerprint density at radius 3 is 2.95 bits per heavy atom. The summed E-state index contributed by atoms with van der Waals surface area (Å²) in [5.74, 6) is 0.384. The maximum atomic E-state index is 11.7. The maximum absolute atomic E-state index is 11.7. The third-order valence-electron chi connectivity index (χ3n) is 2.68. The van der Waals surface area contributed by atoms with E-state index in [1.54, 1.807) is 18.2 Å². The molecule has 1 amide bonds. The van der Waals surface area contributed by atoms with Crippen molar-refractivity contribution in [3.8, 4) is 0 Å². The van der Waals surface area contributed by atoms with Crippen molar-refractivity contribution in [3.05, 3.63) is 24.1 Å². The average molecular weight is 300 g/mol. The van der Waals surface area contributed by atoms with Crippen LogP contribution in [-0.4, -0.2) is 30.6 Å². The molecule has 0 aliphatic rings. The summed E-state index contributed by atoms with van der Waals surface area (Å²) < 4.78 is 10.3. The van der Waals surface area contributed by atoms with E-state index in [9.17, 15) is 4.79 Å². The van der Waals surface area contributed by atoms with Gasteiger partial charge in [-0.25, -0.2) is 4.98 Å². The molecule has 0 aliphatic carbocycles. The first-order valence-electron chi connectivity index (χ1n) is 6.09. The highest BCUT2D eigenvalue weighted by Crippen LogP contribution is 2.20. The number of halogens is 1. The summed E-state index contributed by atoms with van der Waals surface area (Å²) >= 11 is 0. The lowest BCUT2D eigenvalue weighted by Gasteiger charge is -2.10. The van der Waals surface area contributed by atoms with Crippen LogP contribution in [0.4, 0.5) is 5.69 Å². The van der Waals surface area contributed by atoms with Gasteiger partial charge in [0.1, 0.15) is 11.6 Å². The van der Waals surface area contributed by atoms with E-state index in [0.717, 1.165) is 11.9 Å². The number of hydrogen-bond acceptors (Lipinski definition) is 5. The van der Waals surface area contributed by atoms with E-state index in [1.165, 1.54) is 7.11 Å². The molecule has 1 unspecified atom stereocenters. The van der Waals surface area contributed by atoms with Crippen molar-refractivity contribution in [2.75, 3.05) is 19.0 Å². The van der Waals surface area contributed by atoms with Gasteiger partial charge in [-0.15, -0.1) is 12.4 Å². The Balaban J connectivity index is 0.00000200. The Morgan fingerprint density at radius 2 is 2.30 bits per heavy atom. The first-order valence-corrected chi connectivity index (χ1v) is 6.09. The molecule has 3 N–H and O–H groups in total. The third-order valence-corrected chi connectivity index (χ3v) is 2.68. The van der Waals surface area contributed by atoms with Crippen molar-refractivity contribution in [3.63, 3.8) is 0 Å². The molecule has 2 rings (SSSR count). The minimum atomic E-state index is -0.691. The van der Waals surface area contributed by atoms with Crippen molar-refractivity contribution >= 4 is 35.1 Å². The quantitative estimate of drug-likeness (QED) is 0.877. The van der Waals surface area contributed by atoms with Crippen LogP contribution >= 0.6 is 12.4 Å². The average Bonchev–Trinajstić information content (AvgIpc) is 2.81. The van der Waals surface area contributed by atoms with Gasteiger partial charge in [-0.1, -0.05) is 6.92 Å². The van der Waals surface area contributed by atoms with Crippen molar-refractivity contribution in [2.45, 2.75) is 19.4 Å². The van der Waals surface area contributed by atoms with Crippen molar-refractivity contribution in [1.29, 1.82) is 0 Å². The van der Waals surface area contributed by atoms with E-state index in [2.05, 4.69) is 10.3 Å². The Kier molecular flexibility index (Phi) is 5.94. The normalized spacial score (nSPS) is 11.9. The lowest BCUT2D eigenvalue weighted by atomic mass is 10.2. The van der Waals surface area contributed by atoms with Gasteiger partial charge in [-0.2, -0.15) is 0 Å². The smallest absolute Gasteiger partial charge is 0.243 e. The molecule has 0 fully saturated rings. The molecule has 0 aliphatic heterocycles. The topological polar surface area (TPSA) is 90.4 Å². The number of carbonyl (C=O) groups excluding carboxylic acids is 1. The predicted molar refractivity (Wildman–Crippen MR) is 79.1 cm³/mol. The molecule has 2 aromatic rings. The molecule has 6 nitrogen and oxygen atoms in total. The number of hydrogen-bond donors (Lipinski definition) is 2. The van der Waals surface area contributed by atoms with E-state index in [4.69, 9.17) is 14.9 Å². The monoisotopic (exact) mass is 299 g/mol. The van der Waals surface area contributed by atoms with Crippen LogP contribution in [0, 0.1) is 0 Å². The fraction of sp³-hybridized carbons (Fsp3) is 0.385. The highest BCUT2D eigenvalue weighted by Gasteiger charge is 2.13. The van der Waals surface area contributed by atoms with E-state index < -0.39 is 6.04 Å². The second-order valence-electron chi connectivity index (χ2n) is 4.19. The summed E-state index contributed by atoms with van der Waals surface area (Å²) in [5.41, 5.74) is 7.70. The number of amides is 1. The number of anilines is 1. The number of oxazole rings is 1. The molecule has 0 bridgehead atoms. The summed E-state index contributed by atoms with van der Waals surface area (Å²) in [6.45, 7) is 2.15. The lowest BCUT2D eigenvalue weighted by molar-refractivity contribution is -0.118. The first-order chi connectivity index (χ1) is 9.13. The zero-order valence-electron chi connectivity index (χ0n) is 11.4. The van der Waals surface area contributed by atoms with Crippen molar-refractivity contribution in [1.82, 2.24) is 4.98 Å². The Hall–Kier alpha value is -1.63. The van der Waals surface area contributed by atoms with Gasteiger partial charge < -0.3 is 20.2 Å². The zero-order chi connectivity index (χ0) is 13.8. The summed E-state index contributed by atoms with van der Waals surface area (Å²) in [4.78, 5) is 16.0. The Labute approximate surface area is 123 Å². The molecule has 1 aromatic heterocycles. The van der Waals surface area contributed by atoms with Gasteiger partial charge in [-0.3, -0.25) is 4.79 Å². The second kappa shape index (κ2) is 7.23. The van der Waals surface area contributed by atoms with Gasteiger partial charge in [0, 0.05) is 19.2 Å². The summed E-state index contributed by atoms with van der Waals surface area (Å²) in [6.07, 6.45) is 0.731. The van der Waals surface area contributed by atoms with E-state index in [-0.39, 0.29) is 24.9 Å². The van der Waals surface area contributed by atoms with Gasteiger partial charge in [0.25, 0.3) is 0 Å². The summed E-state index contributed by atoms with van der Waals surface area (Å²) in [6, 6.07) is 4.60. The van der Waals surface area contributed by atoms with Gasteiger partial charge >= 0.3 is 0 Å². The van der Waals surface area contributed by atoms with Crippen LogP contribution in [0.25, 0.3) is 11.1 Å². The number of nitrogens with zero attached hydrogens (tertiary/aromatic N) is 1. The Morgan fingerprint density at radius 1 is 1.55 bits per heavy atom. The number of nitrogens with two attached hydrogens (primary N) is 1. The molecule has 110 valence electrons. The minimum absolute atomic E-state index is 0. The summed E-state index contributed by atoms with van der Waals surface area (Å²) in [5, 5.41) is 2.72. The Bertz CT molecular complexity index is 585. The fourth-order valence-electron chi connectivity index (χ4n) is 1.69. The number of ether oxygens (including phenoxy) is 1. The van der Waals surface area contributed by atoms with Crippen LogP contribution in [0.2, 0.25) is 0 Å². The molecule has 1 aromatic carbocycles. The van der Waals surface area contributed by atoms with Crippen LogP contribution < -0.4 is 11.1 Å². The largest absolute Gasteiger partial charge is 0.441 e. The molecule has 0 saturated carbocycles. The molecule has 7 heteroatoms. The SMILES string of the molecule is CCc1nc2cc(NC(=O)C(N)COC)ccc2o1.Cl. The minimum Gasteiger partial charge on any atom is -0.441 e. The second-order valence-corrected chi connectivity index (χ2v) is 4.19. The number of nitrogens with one attached hydrogen (secondary N) is 1. The molecule has 0 saturated heterocycles. The number of aryl methyl sites for hydroxylation is 1. The number of carbonyl (C=O) groups is 1. The van der Waals surface area contributed by atoms with Crippen molar-refractivity contribution in [2.24, 2.45) is 5.73 Å². The van der Waals surface area contributed by atoms with E-state index >= 15 is 0 Å². The fourth-order valence-corrected chi connectivity index (χ4v) is 1.69. The number of methoxy groups -OCH3 is 1. The van der Waals surface area contributed by atoms with Crippen LogP contribution in [0.3, 0.4) is 0 Å². The highest BCUT2D eigenvalue weighted by molar-refractivity contribution is 5.96. The standard InChI is InChI=1S/C13H17N3O3.ClH/c1-3-12-16-10-6-8(4-5-11(10)19-12)15-13(17)9(14)7-18-2;/h4-6,9H,3,7,14H2,1-2H3,(H,15,17);1H. The lowest BCUT2D eigenvalue weighted by Crippen LogP contribution is -2.39.